The summed E-state index contributed by atoms with van der Waals surface area (Å²) in [6.45, 7) is 3.47. The van der Waals surface area contributed by atoms with E-state index in [1.54, 1.807) is 0 Å². The first-order chi connectivity index (χ1) is 7.36. The lowest BCUT2D eigenvalue weighted by Gasteiger charge is -2.28. The predicted molar refractivity (Wildman–Crippen MR) is 64.1 cm³/mol. The monoisotopic (exact) mass is 228 g/mol. The van der Waals surface area contributed by atoms with Gasteiger partial charge in [-0.05, 0) is 43.2 Å². The third kappa shape index (κ3) is 3.38. The van der Waals surface area contributed by atoms with E-state index in [2.05, 4.69) is 10.2 Å². The Morgan fingerprint density at radius 1 is 1.47 bits per heavy atom. The minimum absolute atomic E-state index is 0.295. The van der Waals surface area contributed by atoms with E-state index in [1.165, 1.54) is 24.3 Å². The Morgan fingerprint density at radius 3 is 3.20 bits per heavy atom. The van der Waals surface area contributed by atoms with Gasteiger partial charge in [-0.15, -0.1) is 0 Å². The van der Waals surface area contributed by atoms with Crippen molar-refractivity contribution >= 4 is 17.7 Å². The fourth-order valence-corrected chi connectivity index (χ4v) is 3.43. The Kier molecular flexibility index (Phi) is 4.32. The zero-order valence-corrected chi connectivity index (χ0v) is 10.0. The highest BCUT2D eigenvalue weighted by molar-refractivity contribution is 7.99. The van der Waals surface area contributed by atoms with Crippen molar-refractivity contribution in [2.75, 3.05) is 37.7 Å². The van der Waals surface area contributed by atoms with Gasteiger partial charge in [0.25, 0.3) is 0 Å². The number of carbonyl (C=O) groups excluding carboxylic acids is 1. The van der Waals surface area contributed by atoms with E-state index < -0.39 is 0 Å². The van der Waals surface area contributed by atoms with Gasteiger partial charge in [0.15, 0.2) is 0 Å². The van der Waals surface area contributed by atoms with E-state index in [1.807, 2.05) is 11.8 Å². The molecule has 2 fully saturated rings. The highest BCUT2D eigenvalue weighted by Crippen LogP contribution is 2.23. The number of hydrogen-bond acceptors (Lipinski definition) is 3. The van der Waals surface area contributed by atoms with Gasteiger partial charge >= 0.3 is 0 Å². The molecular weight excluding hydrogens is 208 g/mol. The van der Waals surface area contributed by atoms with Crippen LogP contribution in [0.2, 0.25) is 0 Å². The molecule has 2 aliphatic rings. The van der Waals surface area contributed by atoms with Crippen LogP contribution in [0.25, 0.3) is 0 Å². The van der Waals surface area contributed by atoms with Gasteiger partial charge in [-0.3, -0.25) is 4.79 Å². The molecule has 2 aliphatic heterocycles. The second-order valence-electron chi connectivity index (χ2n) is 4.45. The van der Waals surface area contributed by atoms with Crippen molar-refractivity contribution in [1.82, 2.24) is 10.2 Å². The van der Waals surface area contributed by atoms with Crippen molar-refractivity contribution in [3.63, 3.8) is 0 Å². The van der Waals surface area contributed by atoms with E-state index in [0.717, 1.165) is 32.0 Å². The maximum absolute atomic E-state index is 11.7. The number of hydrogen-bond donors (Lipinski definition) is 1. The molecule has 86 valence electrons. The first-order valence-electron chi connectivity index (χ1n) is 5.92. The quantitative estimate of drug-likeness (QED) is 0.764. The van der Waals surface area contributed by atoms with Crippen LogP contribution in [0.15, 0.2) is 0 Å². The van der Waals surface area contributed by atoms with Gasteiger partial charge in [-0.25, -0.2) is 0 Å². The zero-order valence-electron chi connectivity index (χ0n) is 9.21. The Bertz CT molecular complexity index is 217. The molecule has 0 aromatic rings. The van der Waals surface area contributed by atoms with Crippen LogP contribution in [0.5, 0.6) is 0 Å². The number of thioether (sulfide) groups is 1. The van der Waals surface area contributed by atoms with Gasteiger partial charge in [0, 0.05) is 13.1 Å². The van der Waals surface area contributed by atoms with E-state index in [0.29, 0.717) is 12.5 Å². The smallest absolute Gasteiger partial charge is 0.236 e. The van der Waals surface area contributed by atoms with Crippen LogP contribution in [0.1, 0.15) is 19.3 Å². The predicted octanol–water partition coefficient (Wildman–Crippen LogP) is 0.952. The highest BCUT2D eigenvalue weighted by atomic mass is 32.2. The lowest BCUT2D eigenvalue weighted by molar-refractivity contribution is -0.130. The van der Waals surface area contributed by atoms with Crippen molar-refractivity contribution in [2.45, 2.75) is 19.3 Å². The van der Waals surface area contributed by atoms with Gasteiger partial charge in [-0.1, -0.05) is 0 Å². The first kappa shape index (κ1) is 11.3. The molecule has 2 saturated heterocycles. The number of carbonyl (C=O) groups is 1. The average molecular weight is 228 g/mol. The van der Waals surface area contributed by atoms with Gasteiger partial charge in [0.1, 0.15) is 0 Å². The largest absolute Gasteiger partial charge is 0.341 e. The van der Waals surface area contributed by atoms with Crippen LogP contribution in [-0.4, -0.2) is 48.5 Å². The van der Waals surface area contributed by atoms with Crippen molar-refractivity contribution in [2.24, 2.45) is 5.92 Å². The minimum Gasteiger partial charge on any atom is -0.341 e. The standard InChI is InChI=1S/C11H20N2OS/c14-11-7-12-4-2-5-13(11)8-10-3-1-6-15-9-10/h10,12H,1-9H2. The molecule has 15 heavy (non-hydrogen) atoms. The molecule has 0 saturated carbocycles. The number of nitrogens with one attached hydrogen (secondary N) is 1. The minimum atomic E-state index is 0.295. The lowest BCUT2D eigenvalue weighted by atomic mass is 10.0. The van der Waals surface area contributed by atoms with Gasteiger partial charge in [0.05, 0.1) is 6.54 Å². The van der Waals surface area contributed by atoms with E-state index in [4.69, 9.17) is 0 Å². The summed E-state index contributed by atoms with van der Waals surface area (Å²) in [5, 5.41) is 3.17. The van der Waals surface area contributed by atoms with E-state index in [9.17, 15) is 4.79 Å². The Hall–Kier alpha value is -0.220. The molecular formula is C11H20N2OS. The van der Waals surface area contributed by atoms with Crippen molar-refractivity contribution in [1.29, 1.82) is 0 Å². The Labute approximate surface area is 96.0 Å². The normalized spacial score (nSPS) is 28.9. The second kappa shape index (κ2) is 5.75. The molecule has 1 N–H and O–H groups in total. The average Bonchev–Trinajstić information content (AvgIpc) is 2.46. The van der Waals surface area contributed by atoms with Crippen LogP contribution < -0.4 is 5.32 Å². The van der Waals surface area contributed by atoms with Crippen LogP contribution in [0.4, 0.5) is 0 Å². The fraction of sp³-hybridized carbons (Fsp3) is 0.909. The molecule has 1 unspecified atom stereocenters. The van der Waals surface area contributed by atoms with Crippen molar-refractivity contribution in [3.8, 4) is 0 Å². The SMILES string of the molecule is O=C1CNCCCN1CC1CCCSC1. The van der Waals surface area contributed by atoms with Crippen LogP contribution in [0.3, 0.4) is 0 Å². The van der Waals surface area contributed by atoms with Crippen LogP contribution >= 0.6 is 11.8 Å². The Morgan fingerprint density at radius 2 is 2.40 bits per heavy atom. The van der Waals surface area contributed by atoms with Gasteiger partial charge < -0.3 is 10.2 Å². The van der Waals surface area contributed by atoms with Crippen molar-refractivity contribution < 1.29 is 4.79 Å². The van der Waals surface area contributed by atoms with Crippen LogP contribution in [-0.2, 0) is 4.79 Å². The number of rotatable bonds is 2. The molecule has 0 bridgehead atoms. The summed E-state index contributed by atoms with van der Waals surface area (Å²) in [7, 11) is 0. The number of amides is 1. The summed E-state index contributed by atoms with van der Waals surface area (Å²) < 4.78 is 0. The summed E-state index contributed by atoms with van der Waals surface area (Å²) in [6.07, 6.45) is 3.74. The fourth-order valence-electron chi connectivity index (χ4n) is 2.28. The first-order valence-corrected chi connectivity index (χ1v) is 7.08. The molecule has 4 heteroatoms. The molecule has 2 rings (SSSR count). The van der Waals surface area contributed by atoms with Crippen LogP contribution in [0, 0.1) is 5.92 Å². The van der Waals surface area contributed by atoms with E-state index in [-0.39, 0.29) is 0 Å². The summed E-state index contributed by atoms with van der Waals surface area (Å²) in [5.74, 6) is 3.59. The van der Waals surface area contributed by atoms with Gasteiger partial charge in [0.2, 0.25) is 5.91 Å². The maximum atomic E-state index is 11.7. The van der Waals surface area contributed by atoms with E-state index >= 15 is 0 Å². The molecule has 2 heterocycles. The molecule has 0 aromatic carbocycles. The Balaban J connectivity index is 1.82. The maximum Gasteiger partial charge on any atom is 0.236 e. The van der Waals surface area contributed by atoms with Crippen molar-refractivity contribution in [3.05, 3.63) is 0 Å². The summed E-state index contributed by atoms with van der Waals surface area (Å²) in [4.78, 5) is 13.8. The summed E-state index contributed by atoms with van der Waals surface area (Å²) >= 11 is 2.04. The number of nitrogens with zero attached hydrogens (tertiary/aromatic N) is 1. The molecule has 0 spiro atoms. The summed E-state index contributed by atoms with van der Waals surface area (Å²) in [5.41, 5.74) is 0. The molecule has 1 amide bonds. The molecule has 1 atom stereocenters. The third-order valence-electron chi connectivity index (χ3n) is 3.14. The lowest BCUT2D eigenvalue weighted by Crippen LogP contribution is -2.39. The zero-order chi connectivity index (χ0) is 10.5. The second-order valence-corrected chi connectivity index (χ2v) is 5.60. The summed E-state index contributed by atoms with van der Waals surface area (Å²) in [6, 6.07) is 0. The molecule has 0 radical (unpaired) electrons. The third-order valence-corrected chi connectivity index (χ3v) is 4.43. The highest BCUT2D eigenvalue weighted by Gasteiger charge is 2.21. The molecule has 0 aliphatic carbocycles. The van der Waals surface area contributed by atoms with Gasteiger partial charge in [-0.2, -0.15) is 11.8 Å². The molecule has 3 nitrogen and oxygen atoms in total. The molecule has 0 aromatic heterocycles. The topological polar surface area (TPSA) is 32.3 Å².